The van der Waals surface area contributed by atoms with Crippen LogP contribution in [0.4, 0.5) is 0 Å². The number of nitrogens with zero attached hydrogens (tertiary/aromatic N) is 3. The third-order valence-electron chi connectivity index (χ3n) is 6.21. The first-order valence-corrected chi connectivity index (χ1v) is 13.0. The van der Waals surface area contributed by atoms with Crippen molar-refractivity contribution in [3.8, 4) is 6.19 Å². The van der Waals surface area contributed by atoms with Crippen molar-refractivity contribution in [3.63, 3.8) is 0 Å². The molecule has 1 saturated carbocycles. The molecule has 0 saturated heterocycles. The first kappa shape index (κ1) is 26.2. The highest BCUT2D eigenvalue weighted by Gasteiger charge is 2.52. The minimum atomic E-state index is -1.05. The fourth-order valence-electron chi connectivity index (χ4n) is 3.88. The lowest BCUT2D eigenvalue weighted by atomic mass is 10.0. The van der Waals surface area contributed by atoms with Crippen molar-refractivity contribution in [3.05, 3.63) is 93.1 Å². The van der Waals surface area contributed by atoms with Crippen molar-refractivity contribution in [1.29, 1.82) is 5.26 Å². The summed E-state index contributed by atoms with van der Waals surface area (Å²) in [6.45, 7) is 0.155. The molecule has 190 valence electrons. The Morgan fingerprint density at radius 1 is 1.05 bits per heavy atom. The number of hydrazine groups is 1. The third kappa shape index (κ3) is 6.47. The Morgan fingerprint density at radius 2 is 1.76 bits per heavy atom. The normalized spacial score (nSPS) is 14.1. The van der Waals surface area contributed by atoms with Gasteiger partial charge < -0.3 is 10.6 Å². The molecule has 37 heavy (non-hydrogen) atoms. The number of halogens is 1. The lowest BCUT2D eigenvalue weighted by Gasteiger charge is -2.31. The van der Waals surface area contributed by atoms with Crippen LogP contribution in [0.3, 0.4) is 0 Å². The Balaban J connectivity index is 1.50. The molecule has 0 bridgehead atoms. The summed E-state index contributed by atoms with van der Waals surface area (Å²) < 4.78 is 0. The predicted molar refractivity (Wildman–Crippen MR) is 141 cm³/mol. The van der Waals surface area contributed by atoms with E-state index in [1.807, 2.05) is 36.5 Å². The maximum atomic E-state index is 13.6. The van der Waals surface area contributed by atoms with E-state index in [9.17, 15) is 19.6 Å². The van der Waals surface area contributed by atoms with Crippen LogP contribution in [0.15, 0.2) is 72.1 Å². The summed E-state index contributed by atoms with van der Waals surface area (Å²) in [7, 11) is 1.50. The van der Waals surface area contributed by atoms with Gasteiger partial charge in [0.05, 0.1) is 11.4 Å². The minimum absolute atomic E-state index is 0.155. The third-order valence-corrected chi connectivity index (χ3v) is 7.33. The van der Waals surface area contributed by atoms with Crippen LogP contribution in [0.2, 0.25) is 5.02 Å². The summed E-state index contributed by atoms with van der Waals surface area (Å²) in [5, 5.41) is 20.3. The van der Waals surface area contributed by atoms with Crippen molar-refractivity contribution in [2.45, 2.75) is 37.4 Å². The number of hydrogen-bond donors (Lipinski definition) is 2. The number of carbonyl (C=O) groups excluding carboxylic acids is 3. The van der Waals surface area contributed by atoms with Gasteiger partial charge in [0, 0.05) is 18.5 Å². The topological polar surface area (TPSA) is 106 Å². The summed E-state index contributed by atoms with van der Waals surface area (Å²) in [5.74, 6) is -1.18. The number of nitriles is 1. The molecule has 0 spiro atoms. The highest BCUT2D eigenvalue weighted by atomic mass is 35.5. The Labute approximate surface area is 224 Å². The average molecular weight is 536 g/mol. The van der Waals surface area contributed by atoms with Gasteiger partial charge in [0.25, 0.3) is 11.8 Å². The average Bonchev–Trinajstić information content (AvgIpc) is 3.47. The van der Waals surface area contributed by atoms with E-state index in [2.05, 4.69) is 10.6 Å². The van der Waals surface area contributed by atoms with Gasteiger partial charge in [0.2, 0.25) is 5.91 Å². The van der Waals surface area contributed by atoms with Crippen LogP contribution >= 0.6 is 22.9 Å². The monoisotopic (exact) mass is 535 g/mol. The molecule has 3 amide bonds. The smallest absolute Gasteiger partial charge is 0.264 e. The van der Waals surface area contributed by atoms with Crippen molar-refractivity contribution < 1.29 is 14.4 Å². The number of likely N-dealkylation sites (N-methyl/N-ethyl adjacent to an activating group) is 1. The van der Waals surface area contributed by atoms with E-state index in [0.717, 1.165) is 11.1 Å². The number of benzene rings is 2. The molecule has 1 aliphatic carbocycles. The van der Waals surface area contributed by atoms with Gasteiger partial charge in [-0.15, -0.1) is 11.3 Å². The van der Waals surface area contributed by atoms with Gasteiger partial charge in [0.1, 0.15) is 11.6 Å². The molecule has 1 aliphatic rings. The molecular formula is C27H26ClN5O3S. The second-order valence-corrected chi connectivity index (χ2v) is 10.3. The highest BCUT2D eigenvalue weighted by Crippen LogP contribution is 2.36. The number of rotatable bonds is 10. The molecular weight excluding hydrogens is 510 g/mol. The standard InChI is InChI=1S/C27H26ClN5O3S/c1-32(33(18-29)17-20-9-11-21(28)12-10-20)25(35)22(16-19-6-3-2-4-7-19)30-26(36)27(13-14-27)31-24(34)23-8-5-15-37-23/h2-12,15,22H,13-14,16-17H2,1H3,(H,30,36)(H,31,34)/t22-/m0/s1. The Hall–Kier alpha value is -3.87. The van der Waals surface area contributed by atoms with Crippen molar-refractivity contribution in [2.24, 2.45) is 0 Å². The molecule has 0 aliphatic heterocycles. The number of carbonyl (C=O) groups is 3. The summed E-state index contributed by atoms with van der Waals surface area (Å²) in [5.41, 5.74) is 0.596. The van der Waals surface area contributed by atoms with Crippen LogP contribution in [0.25, 0.3) is 0 Å². The first-order valence-electron chi connectivity index (χ1n) is 11.7. The van der Waals surface area contributed by atoms with E-state index >= 15 is 0 Å². The van der Waals surface area contributed by atoms with Gasteiger partial charge in [-0.3, -0.25) is 14.4 Å². The zero-order valence-electron chi connectivity index (χ0n) is 20.2. The fourth-order valence-corrected chi connectivity index (χ4v) is 4.63. The molecule has 10 heteroatoms. The van der Waals surface area contributed by atoms with E-state index in [4.69, 9.17) is 11.6 Å². The number of nitrogens with one attached hydrogen (secondary N) is 2. The van der Waals surface area contributed by atoms with Crippen LogP contribution in [0.5, 0.6) is 0 Å². The molecule has 2 N–H and O–H groups in total. The summed E-state index contributed by atoms with van der Waals surface area (Å²) in [6, 6.07) is 18.8. The van der Waals surface area contributed by atoms with E-state index in [0.29, 0.717) is 22.7 Å². The minimum Gasteiger partial charge on any atom is -0.342 e. The van der Waals surface area contributed by atoms with Gasteiger partial charge in [-0.2, -0.15) is 5.26 Å². The lowest BCUT2D eigenvalue weighted by Crippen LogP contribution is -2.57. The van der Waals surface area contributed by atoms with Crippen molar-refractivity contribution in [1.82, 2.24) is 20.7 Å². The van der Waals surface area contributed by atoms with E-state index in [1.54, 1.807) is 41.8 Å². The summed E-state index contributed by atoms with van der Waals surface area (Å²) >= 11 is 7.25. The summed E-state index contributed by atoms with van der Waals surface area (Å²) in [6.07, 6.45) is 3.24. The van der Waals surface area contributed by atoms with Crippen molar-refractivity contribution >= 4 is 40.7 Å². The zero-order valence-corrected chi connectivity index (χ0v) is 21.8. The SMILES string of the molecule is CN(C(=O)[C@H](Cc1ccccc1)NC(=O)C1(NC(=O)c2cccs2)CC1)N(C#N)Cc1ccc(Cl)cc1. The number of thiophene rings is 1. The number of hydrogen-bond acceptors (Lipinski definition) is 6. The van der Waals surface area contributed by atoms with Gasteiger partial charge >= 0.3 is 0 Å². The maximum Gasteiger partial charge on any atom is 0.264 e. The molecule has 8 nitrogen and oxygen atoms in total. The second-order valence-electron chi connectivity index (χ2n) is 8.88. The molecule has 0 radical (unpaired) electrons. The van der Waals surface area contributed by atoms with E-state index < -0.39 is 23.4 Å². The van der Waals surface area contributed by atoms with Gasteiger partial charge in [-0.25, -0.2) is 10.0 Å². The van der Waals surface area contributed by atoms with Gasteiger partial charge in [-0.05, 0) is 47.5 Å². The van der Waals surface area contributed by atoms with Crippen molar-refractivity contribution in [2.75, 3.05) is 7.05 Å². The van der Waals surface area contributed by atoms with Crippen LogP contribution in [0.1, 0.15) is 33.6 Å². The molecule has 1 atom stereocenters. The molecule has 0 unspecified atom stereocenters. The molecule has 2 aromatic carbocycles. The fraction of sp³-hybridized carbons (Fsp3) is 0.259. The van der Waals surface area contributed by atoms with Crippen LogP contribution < -0.4 is 10.6 Å². The van der Waals surface area contributed by atoms with E-state index in [1.165, 1.54) is 28.4 Å². The first-order chi connectivity index (χ1) is 17.8. The Bertz CT molecular complexity index is 1290. The second kappa shape index (κ2) is 11.5. The molecule has 3 aromatic rings. The zero-order chi connectivity index (χ0) is 26.4. The van der Waals surface area contributed by atoms with E-state index in [-0.39, 0.29) is 18.9 Å². The maximum absolute atomic E-state index is 13.6. The van der Waals surface area contributed by atoms with Gasteiger partial charge in [0.15, 0.2) is 6.19 Å². The largest absolute Gasteiger partial charge is 0.342 e. The molecule has 1 heterocycles. The highest BCUT2D eigenvalue weighted by molar-refractivity contribution is 7.12. The van der Waals surface area contributed by atoms with Crippen LogP contribution in [-0.4, -0.2) is 46.4 Å². The quantitative estimate of drug-likeness (QED) is 0.234. The lowest BCUT2D eigenvalue weighted by molar-refractivity contribution is -0.146. The molecule has 1 aromatic heterocycles. The predicted octanol–water partition coefficient (Wildman–Crippen LogP) is 3.75. The number of amides is 3. The van der Waals surface area contributed by atoms with Gasteiger partial charge in [-0.1, -0.05) is 60.1 Å². The van der Waals surface area contributed by atoms with Crippen LogP contribution in [0, 0.1) is 11.5 Å². The molecule has 1 fully saturated rings. The van der Waals surface area contributed by atoms with Crippen LogP contribution in [-0.2, 0) is 22.6 Å². The molecule has 4 rings (SSSR count). The Morgan fingerprint density at radius 3 is 2.35 bits per heavy atom. The summed E-state index contributed by atoms with van der Waals surface area (Å²) in [4.78, 5) is 40.1. The Kier molecular flexibility index (Phi) is 8.11.